The van der Waals surface area contributed by atoms with E-state index in [1.165, 1.54) is 12.1 Å². The van der Waals surface area contributed by atoms with Crippen molar-refractivity contribution in [3.63, 3.8) is 0 Å². The Balaban J connectivity index is 1.39. The average molecular weight is 455 g/mol. The van der Waals surface area contributed by atoms with E-state index in [0.29, 0.717) is 29.9 Å². The number of alkyl halides is 3. The molecule has 1 amide bonds. The van der Waals surface area contributed by atoms with Crippen LogP contribution in [0.1, 0.15) is 16.2 Å². The average Bonchev–Trinajstić information content (AvgIpc) is 3.23. The number of piperazine rings is 1. The number of hydrogen-bond acceptors (Lipinski definition) is 6. The Hall–Kier alpha value is -3.73. The molecule has 3 heterocycles. The zero-order chi connectivity index (χ0) is 23.2. The van der Waals surface area contributed by atoms with Gasteiger partial charge < -0.3 is 20.1 Å². The van der Waals surface area contributed by atoms with Crippen molar-refractivity contribution in [2.45, 2.75) is 6.18 Å². The van der Waals surface area contributed by atoms with E-state index in [1.54, 1.807) is 30.5 Å². The highest BCUT2D eigenvalue weighted by atomic mass is 19.4. The van der Waals surface area contributed by atoms with Crippen molar-refractivity contribution in [3.05, 3.63) is 54.0 Å². The molecule has 0 saturated carbocycles. The summed E-state index contributed by atoms with van der Waals surface area (Å²) >= 11 is 0. The molecule has 0 atom stereocenters. The lowest BCUT2D eigenvalue weighted by molar-refractivity contribution is -0.144. The number of amides is 1. The van der Waals surface area contributed by atoms with Crippen molar-refractivity contribution in [2.24, 2.45) is 0 Å². The van der Waals surface area contributed by atoms with Gasteiger partial charge >= 0.3 is 6.18 Å². The first kappa shape index (κ1) is 21.1. The molecule has 5 rings (SSSR count). The van der Waals surface area contributed by atoms with Crippen LogP contribution in [0.3, 0.4) is 0 Å². The molecule has 11 heteroatoms. The fourth-order valence-electron chi connectivity index (χ4n) is 3.76. The van der Waals surface area contributed by atoms with E-state index in [1.807, 2.05) is 11.9 Å². The summed E-state index contributed by atoms with van der Waals surface area (Å²) in [6, 6.07) is 9.90. The smallest absolute Gasteiger partial charge is 0.336 e. The van der Waals surface area contributed by atoms with Gasteiger partial charge in [0.15, 0.2) is 0 Å². The number of imidazole rings is 1. The van der Waals surface area contributed by atoms with Crippen LogP contribution >= 0.6 is 0 Å². The standard InChI is InChI=1S/C22H20F3N7O/c1-31-6-8-32(9-7-31)19(33)13-2-3-14-12-26-21(30-17(14)10-13)27-15-4-5-16-18(11-15)29-20(28-16)22(23,24)25/h2-5,10-12H,6-9H2,1H3,(H,28,29)(H,26,27,30). The number of carbonyl (C=O) groups is 1. The number of halogens is 3. The van der Waals surface area contributed by atoms with Crippen LogP contribution in [0.15, 0.2) is 42.6 Å². The number of nitrogens with zero attached hydrogens (tertiary/aromatic N) is 5. The number of benzene rings is 2. The molecule has 0 aliphatic carbocycles. The van der Waals surface area contributed by atoms with E-state index in [-0.39, 0.29) is 22.9 Å². The number of rotatable bonds is 3. The van der Waals surface area contributed by atoms with E-state index in [9.17, 15) is 18.0 Å². The van der Waals surface area contributed by atoms with Crippen molar-refractivity contribution in [2.75, 3.05) is 38.5 Å². The summed E-state index contributed by atoms with van der Waals surface area (Å²) in [5.41, 5.74) is 2.10. The lowest BCUT2D eigenvalue weighted by atomic mass is 10.1. The zero-order valence-electron chi connectivity index (χ0n) is 17.6. The Morgan fingerprint density at radius 2 is 1.82 bits per heavy atom. The number of H-pyrrole nitrogens is 1. The van der Waals surface area contributed by atoms with Crippen LogP contribution in [0.2, 0.25) is 0 Å². The summed E-state index contributed by atoms with van der Waals surface area (Å²) in [5.74, 6) is -0.820. The summed E-state index contributed by atoms with van der Waals surface area (Å²) in [6.07, 6.45) is -2.92. The Bertz CT molecular complexity index is 1340. The van der Waals surface area contributed by atoms with Crippen molar-refractivity contribution < 1.29 is 18.0 Å². The molecule has 8 nitrogen and oxygen atoms in total. The third kappa shape index (κ3) is 4.31. The van der Waals surface area contributed by atoms with E-state index in [4.69, 9.17) is 0 Å². The van der Waals surface area contributed by atoms with Crippen LogP contribution in [0.4, 0.5) is 24.8 Å². The lowest BCUT2D eigenvalue weighted by Crippen LogP contribution is -2.47. The van der Waals surface area contributed by atoms with Gasteiger partial charge in [0.2, 0.25) is 11.8 Å². The monoisotopic (exact) mass is 455 g/mol. The van der Waals surface area contributed by atoms with Crippen molar-refractivity contribution in [1.82, 2.24) is 29.7 Å². The second-order valence-corrected chi connectivity index (χ2v) is 8.00. The maximum atomic E-state index is 12.9. The number of hydrogen-bond donors (Lipinski definition) is 2. The molecule has 33 heavy (non-hydrogen) atoms. The van der Waals surface area contributed by atoms with Gasteiger partial charge in [0.1, 0.15) is 0 Å². The van der Waals surface area contributed by atoms with E-state index >= 15 is 0 Å². The fraction of sp³-hybridized carbons (Fsp3) is 0.273. The fourth-order valence-corrected chi connectivity index (χ4v) is 3.76. The maximum Gasteiger partial charge on any atom is 0.449 e. The highest BCUT2D eigenvalue weighted by molar-refractivity contribution is 5.98. The molecule has 1 aliphatic heterocycles. The molecule has 1 aliphatic rings. The van der Waals surface area contributed by atoms with Crippen LogP contribution in [-0.2, 0) is 6.18 Å². The van der Waals surface area contributed by atoms with Crippen molar-refractivity contribution in [1.29, 1.82) is 0 Å². The third-order valence-electron chi connectivity index (χ3n) is 5.63. The molecule has 1 saturated heterocycles. The van der Waals surface area contributed by atoms with Gasteiger partial charge in [-0.25, -0.2) is 15.0 Å². The van der Waals surface area contributed by atoms with Crippen LogP contribution in [0.25, 0.3) is 21.9 Å². The SMILES string of the molecule is CN1CCN(C(=O)c2ccc3cnc(Nc4ccc5nc(C(F)(F)F)[nH]c5c4)nc3c2)CC1. The molecule has 1 fully saturated rings. The third-order valence-corrected chi connectivity index (χ3v) is 5.63. The molecule has 2 aromatic heterocycles. The first-order valence-corrected chi connectivity index (χ1v) is 10.3. The van der Waals surface area contributed by atoms with Gasteiger partial charge in [0.05, 0.1) is 16.6 Å². The minimum atomic E-state index is -4.55. The largest absolute Gasteiger partial charge is 0.449 e. The van der Waals surface area contributed by atoms with Gasteiger partial charge in [-0.2, -0.15) is 13.2 Å². The summed E-state index contributed by atoms with van der Waals surface area (Å²) in [5, 5.41) is 3.77. The van der Waals surface area contributed by atoms with Gasteiger partial charge in [0.25, 0.3) is 5.91 Å². The maximum absolute atomic E-state index is 12.9. The van der Waals surface area contributed by atoms with Gasteiger partial charge in [-0.15, -0.1) is 0 Å². The summed E-state index contributed by atoms with van der Waals surface area (Å²) in [6.45, 7) is 3.02. The highest BCUT2D eigenvalue weighted by Crippen LogP contribution is 2.29. The molecule has 4 aromatic rings. The topological polar surface area (TPSA) is 90.0 Å². The van der Waals surface area contributed by atoms with Gasteiger partial charge in [-0.3, -0.25) is 4.79 Å². The molecule has 2 N–H and O–H groups in total. The Labute approximate surface area is 186 Å². The number of aromatic nitrogens is 4. The van der Waals surface area contributed by atoms with Crippen LogP contribution in [-0.4, -0.2) is 68.9 Å². The molecular weight excluding hydrogens is 435 g/mol. The predicted molar refractivity (Wildman–Crippen MR) is 117 cm³/mol. The predicted octanol–water partition coefficient (Wildman–Crippen LogP) is 3.66. The van der Waals surface area contributed by atoms with Crippen LogP contribution < -0.4 is 5.32 Å². The molecule has 0 bridgehead atoms. The van der Waals surface area contributed by atoms with E-state index < -0.39 is 12.0 Å². The lowest BCUT2D eigenvalue weighted by Gasteiger charge is -2.32. The van der Waals surface area contributed by atoms with Gasteiger partial charge in [-0.1, -0.05) is 6.07 Å². The Morgan fingerprint density at radius 1 is 1.03 bits per heavy atom. The number of likely N-dealkylation sites (N-methyl/N-ethyl adjacent to an activating group) is 1. The Kier molecular flexibility index (Phi) is 5.12. The number of carbonyl (C=O) groups excluding carboxylic acids is 1. The van der Waals surface area contributed by atoms with Crippen molar-refractivity contribution >= 4 is 39.5 Å². The molecule has 170 valence electrons. The normalized spacial score (nSPS) is 15.3. The number of nitrogens with one attached hydrogen (secondary N) is 2. The zero-order valence-corrected chi connectivity index (χ0v) is 17.6. The second kappa shape index (κ2) is 8.00. The Morgan fingerprint density at radius 3 is 2.58 bits per heavy atom. The van der Waals surface area contributed by atoms with Gasteiger partial charge in [0, 0.05) is 49.0 Å². The second-order valence-electron chi connectivity index (χ2n) is 8.00. The van der Waals surface area contributed by atoms with Crippen molar-refractivity contribution in [3.8, 4) is 0 Å². The van der Waals surface area contributed by atoms with Crippen LogP contribution in [0, 0.1) is 0 Å². The van der Waals surface area contributed by atoms with Crippen LogP contribution in [0.5, 0.6) is 0 Å². The summed E-state index contributed by atoms with van der Waals surface area (Å²) in [4.78, 5) is 31.5. The summed E-state index contributed by atoms with van der Waals surface area (Å²) < 4.78 is 38.7. The molecule has 2 aromatic carbocycles. The molecule has 0 spiro atoms. The molecule has 0 unspecified atom stereocenters. The number of fused-ring (bicyclic) bond motifs is 2. The van der Waals surface area contributed by atoms with Gasteiger partial charge in [-0.05, 0) is 37.4 Å². The minimum absolute atomic E-state index is 0.0386. The highest BCUT2D eigenvalue weighted by Gasteiger charge is 2.34. The van der Waals surface area contributed by atoms with E-state index in [0.717, 1.165) is 18.5 Å². The quantitative estimate of drug-likeness (QED) is 0.490. The number of aromatic amines is 1. The number of anilines is 2. The molecule has 0 radical (unpaired) electrons. The first-order valence-electron chi connectivity index (χ1n) is 10.3. The first-order chi connectivity index (χ1) is 15.8. The minimum Gasteiger partial charge on any atom is -0.336 e. The molecular formula is C22H20F3N7O. The van der Waals surface area contributed by atoms with E-state index in [2.05, 4.69) is 30.2 Å². The summed E-state index contributed by atoms with van der Waals surface area (Å²) in [7, 11) is 2.03.